The fraction of sp³-hybridized carbons (Fsp3) is 0.250. The van der Waals surface area contributed by atoms with Crippen molar-refractivity contribution >= 4 is 33.8 Å². The number of amides is 2. The van der Waals surface area contributed by atoms with Crippen LogP contribution in [0.1, 0.15) is 56.5 Å². The topological polar surface area (TPSA) is 58.2 Å². The average molecular weight is 405 g/mol. The van der Waals surface area contributed by atoms with E-state index in [0.717, 1.165) is 43.4 Å². The second-order valence-corrected chi connectivity index (χ2v) is 8.34. The Kier molecular flexibility index (Phi) is 5.76. The van der Waals surface area contributed by atoms with Crippen LogP contribution in [0.15, 0.2) is 54.6 Å². The third-order valence-electron chi connectivity index (χ3n) is 5.28. The number of thiophene rings is 1. The molecule has 0 radical (unpaired) electrons. The molecule has 0 saturated heterocycles. The van der Waals surface area contributed by atoms with E-state index in [0.29, 0.717) is 16.1 Å². The summed E-state index contributed by atoms with van der Waals surface area (Å²) < 4.78 is 0. The van der Waals surface area contributed by atoms with Gasteiger partial charge in [0.2, 0.25) is 0 Å². The van der Waals surface area contributed by atoms with Crippen LogP contribution in [-0.4, -0.2) is 11.8 Å². The van der Waals surface area contributed by atoms with E-state index in [9.17, 15) is 9.59 Å². The quantitative estimate of drug-likeness (QED) is 0.573. The number of carbonyl (C=O) groups is 2. The van der Waals surface area contributed by atoms with Crippen molar-refractivity contribution in [2.45, 2.75) is 39.0 Å². The van der Waals surface area contributed by atoms with E-state index in [-0.39, 0.29) is 11.8 Å². The highest BCUT2D eigenvalue weighted by molar-refractivity contribution is 7.17. The molecule has 1 aliphatic carbocycles. The van der Waals surface area contributed by atoms with Crippen LogP contribution in [0.25, 0.3) is 0 Å². The second kappa shape index (κ2) is 8.62. The van der Waals surface area contributed by atoms with Crippen molar-refractivity contribution in [1.82, 2.24) is 0 Å². The van der Waals surface area contributed by atoms with Gasteiger partial charge >= 0.3 is 0 Å². The number of hydrogen-bond donors (Lipinski definition) is 2. The fourth-order valence-corrected chi connectivity index (χ4v) is 4.96. The molecule has 148 valence electrons. The first-order valence-corrected chi connectivity index (χ1v) is 10.9. The third kappa shape index (κ3) is 4.25. The number of fused-ring (bicyclic) bond motifs is 1. The highest BCUT2D eigenvalue weighted by Crippen LogP contribution is 2.38. The summed E-state index contributed by atoms with van der Waals surface area (Å²) in [5, 5.41) is 6.65. The van der Waals surface area contributed by atoms with Gasteiger partial charge in [-0.2, -0.15) is 0 Å². The predicted octanol–water partition coefficient (Wildman–Crippen LogP) is 5.69. The van der Waals surface area contributed by atoms with Crippen LogP contribution in [0.5, 0.6) is 0 Å². The minimum absolute atomic E-state index is 0.156. The molecule has 4 rings (SSSR count). The van der Waals surface area contributed by atoms with Crippen LogP contribution in [0.4, 0.5) is 10.7 Å². The van der Waals surface area contributed by atoms with Gasteiger partial charge in [0.05, 0.1) is 5.56 Å². The first-order chi connectivity index (χ1) is 14.2. The third-order valence-corrected chi connectivity index (χ3v) is 6.49. The van der Waals surface area contributed by atoms with Gasteiger partial charge in [0, 0.05) is 16.1 Å². The Morgan fingerprint density at radius 3 is 2.34 bits per heavy atom. The summed E-state index contributed by atoms with van der Waals surface area (Å²) in [6, 6.07) is 17.0. The number of carbonyl (C=O) groups excluding carboxylic acids is 2. The molecule has 0 bridgehead atoms. The summed E-state index contributed by atoms with van der Waals surface area (Å²) >= 11 is 1.54. The highest BCUT2D eigenvalue weighted by atomic mass is 32.1. The van der Waals surface area contributed by atoms with Crippen molar-refractivity contribution in [3.63, 3.8) is 0 Å². The molecular formula is C24H24N2O2S. The van der Waals surface area contributed by atoms with E-state index in [4.69, 9.17) is 0 Å². The van der Waals surface area contributed by atoms with E-state index >= 15 is 0 Å². The Morgan fingerprint density at radius 2 is 1.62 bits per heavy atom. The molecule has 29 heavy (non-hydrogen) atoms. The lowest BCUT2D eigenvalue weighted by Crippen LogP contribution is -2.18. The van der Waals surface area contributed by atoms with Gasteiger partial charge in [0.1, 0.15) is 5.00 Å². The molecule has 0 fully saturated rings. The standard InChI is InChI=1S/C24H24N2O2S/c1-2-16-12-14-18(15-13-16)25-23(28)21-19-10-6-7-11-20(19)29-24(21)26-22(27)17-8-4-3-5-9-17/h3-5,8-9,12-15H,2,6-7,10-11H2,1H3,(H,25,28)(H,26,27). The molecule has 2 aromatic carbocycles. The van der Waals surface area contributed by atoms with Gasteiger partial charge in [-0.05, 0) is 67.5 Å². The van der Waals surface area contributed by atoms with Crippen LogP contribution in [0, 0.1) is 0 Å². The van der Waals surface area contributed by atoms with Crippen molar-refractivity contribution in [2.75, 3.05) is 10.6 Å². The maximum absolute atomic E-state index is 13.2. The number of rotatable bonds is 5. The molecule has 1 aromatic heterocycles. The molecule has 0 saturated carbocycles. The molecule has 0 spiro atoms. The largest absolute Gasteiger partial charge is 0.322 e. The molecule has 3 aromatic rings. The lowest BCUT2D eigenvalue weighted by Gasteiger charge is -2.13. The molecular weight excluding hydrogens is 380 g/mol. The Morgan fingerprint density at radius 1 is 0.897 bits per heavy atom. The summed E-state index contributed by atoms with van der Waals surface area (Å²) in [7, 11) is 0. The summed E-state index contributed by atoms with van der Waals surface area (Å²) in [5.41, 5.74) is 4.29. The van der Waals surface area contributed by atoms with E-state index < -0.39 is 0 Å². The van der Waals surface area contributed by atoms with Crippen LogP contribution < -0.4 is 10.6 Å². The second-order valence-electron chi connectivity index (χ2n) is 7.24. The first-order valence-electron chi connectivity index (χ1n) is 10.1. The Hall–Kier alpha value is -2.92. The molecule has 2 amide bonds. The summed E-state index contributed by atoms with van der Waals surface area (Å²) in [6.45, 7) is 2.10. The van der Waals surface area contributed by atoms with Gasteiger partial charge < -0.3 is 10.6 Å². The summed E-state index contributed by atoms with van der Waals surface area (Å²) in [4.78, 5) is 27.1. The Labute approximate surface area is 175 Å². The lowest BCUT2D eigenvalue weighted by atomic mass is 9.95. The van der Waals surface area contributed by atoms with Crippen LogP contribution in [0.2, 0.25) is 0 Å². The minimum Gasteiger partial charge on any atom is -0.322 e. The minimum atomic E-state index is -0.189. The van der Waals surface area contributed by atoms with Crippen molar-refractivity contribution in [2.24, 2.45) is 0 Å². The summed E-state index contributed by atoms with van der Waals surface area (Å²) in [6.07, 6.45) is 5.00. The normalized spacial score (nSPS) is 12.9. The first kappa shape index (κ1) is 19.4. The lowest BCUT2D eigenvalue weighted by molar-refractivity contribution is 0.102. The highest BCUT2D eigenvalue weighted by Gasteiger charge is 2.26. The van der Waals surface area contributed by atoms with Crippen molar-refractivity contribution in [3.05, 3.63) is 81.7 Å². The van der Waals surface area contributed by atoms with Crippen LogP contribution in [-0.2, 0) is 19.3 Å². The number of aryl methyl sites for hydroxylation is 2. The van der Waals surface area contributed by atoms with Crippen LogP contribution in [0.3, 0.4) is 0 Å². The van der Waals surface area contributed by atoms with Crippen molar-refractivity contribution in [3.8, 4) is 0 Å². The monoisotopic (exact) mass is 404 g/mol. The van der Waals surface area contributed by atoms with Gasteiger partial charge in [0.15, 0.2) is 0 Å². The van der Waals surface area contributed by atoms with Crippen molar-refractivity contribution < 1.29 is 9.59 Å². The zero-order valence-corrected chi connectivity index (χ0v) is 17.3. The zero-order valence-electron chi connectivity index (χ0n) is 16.5. The van der Waals surface area contributed by atoms with E-state index in [2.05, 4.69) is 17.6 Å². The molecule has 0 atom stereocenters. The summed E-state index contributed by atoms with van der Waals surface area (Å²) in [5.74, 6) is -0.345. The van der Waals surface area contributed by atoms with Gasteiger partial charge in [-0.15, -0.1) is 11.3 Å². The number of nitrogens with one attached hydrogen (secondary N) is 2. The smallest absolute Gasteiger partial charge is 0.258 e. The van der Waals surface area contributed by atoms with Crippen molar-refractivity contribution in [1.29, 1.82) is 0 Å². The molecule has 1 heterocycles. The van der Waals surface area contributed by atoms with Gasteiger partial charge in [0.25, 0.3) is 11.8 Å². The fourth-order valence-electron chi connectivity index (χ4n) is 3.68. The maximum Gasteiger partial charge on any atom is 0.258 e. The van der Waals surface area contributed by atoms with Gasteiger partial charge in [-0.3, -0.25) is 9.59 Å². The SMILES string of the molecule is CCc1ccc(NC(=O)c2c(NC(=O)c3ccccc3)sc3c2CCCC3)cc1. The molecule has 0 unspecified atom stereocenters. The Bertz CT molecular complexity index is 1020. The van der Waals surface area contributed by atoms with Crippen LogP contribution >= 0.6 is 11.3 Å². The Balaban J connectivity index is 1.62. The zero-order chi connectivity index (χ0) is 20.2. The van der Waals surface area contributed by atoms with E-state index in [1.54, 1.807) is 12.1 Å². The number of hydrogen-bond acceptors (Lipinski definition) is 3. The van der Waals surface area contributed by atoms with Gasteiger partial charge in [-0.25, -0.2) is 0 Å². The molecule has 0 aliphatic heterocycles. The molecule has 2 N–H and O–H groups in total. The number of benzene rings is 2. The van der Waals surface area contributed by atoms with E-state index in [1.807, 2.05) is 42.5 Å². The maximum atomic E-state index is 13.2. The molecule has 5 heteroatoms. The average Bonchev–Trinajstić information content (AvgIpc) is 3.12. The number of anilines is 2. The predicted molar refractivity (Wildman–Crippen MR) is 119 cm³/mol. The molecule has 4 nitrogen and oxygen atoms in total. The van der Waals surface area contributed by atoms with E-state index in [1.165, 1.54) is 21.8 Å². The molecule has 1 aliphatic rings. The van der Waals surface area contributed by atoms with Gasteiger partial charge in [-0.1, -0.05) is 37.3 Å².